The molecule has 0 aromatic heterocycles. The molecule has 0 radical (unpaired) electrons. The number of nitrogens with one attached hydrogen (secondary N) is 1. The van der Waals surface area contributed by atoms with Gasteiger partial charge in [-0.2, -0.15) is 4.31 Å². The molecular formula is C21H26N2O3S. The van der Waals surface area contributed by atoms with E-state index in [0.717, 1.165) is 36.1 Å². The number of carbonyl (C=O) groups excluding carboxylic acids is 1. The van der Waals surface area contributed by atoms with Crippen molar-refractivity contribution in [3.8, 4) is 0 Å². The lowest BCUT2D eigenvalue weighted by molar-refractivity contribution is 0.102. The fourth-order valence-corrected chi connectivity index (χ4v) is 5.12. The quantitative estimate of drug-likeness (QED) is 0.859. The minimum Gasteiger partial charge on any atom is -0.322 e. The van der Waals surface area contributed by atoms with Crippen molar-refractivity contribution in [2.45, 2.75) is 51.0 Å². The predicted octanol–water partition coefficient (Wildman–Crippen LogP) is 4.12. The minimum absolute atomic E-state index is 0.0102. The highest BCUT2D eigenvalue weighted by atomic mass is 32.2. The minimum atomic E-state index is -3.52. The van der Waals surface area contributed by atoms with Crippen LogP contribution in [0.4, 0.5) is 5.69 Å². The number of benzene rings is 2. The summed E-state index contributed by atoms with van der Waals surface area (Å²) in [6.45, 7) is 6.45. The van der Waals surface area contributed by atoms with E-state index in [1.807, 2.05) is 39.0 Å². The maximum Gasteiger partial charge on any atom is 0.255 e. The second-order valence-corrected chi connectivity index (χ2v) is 9.08. The topological polar surface area (TPSA) is 66.5 Å². The second-order valence-electron chi connectivity index (χ2n) is 7.19. The lowest BCUT2D eigenvalue weighted by Gasteiger charge is -2.32. The molecule has 1 N–H and O–H groups in total. The molecule has 0 aliphatic carbocycles. The van der Waals surface area contributed by atoms with E-state index in [9.17, 15) is 13.2 Å². The summed E-state index contributed by atoms with van der Waals surface area (Å²) in [6, 6.07) is 11.9. The number of sulfonamides is 1. The lowest BCUT2D eigenvalue weighted by atomic mass is 10.1. The van der Waals surface area contributed by atoms with E-state index in [0.29, 0.717) is 12.1 Å². The van der Waals surface area contributed by atoms with Gasteiger partial charge in [0.2, 0.25) is 10.0 Å². The van der Waals surface area contributed by atoms with E-state index in [1.54, 1.807) is 16.4 Å². The highest BCUT2D eigenvalue weighted by molar-refractivity contribution is 7.89. The summed E-state index contributed by atoms with van der Waals surface area (Å²) < 4.78 is 27.3. The second kappa shape index (κ2) is 7.82. The fourth-order valence-electron chi connectivity index (χ4n) is 3.42. The Balaban J connectivity index is 1.78. The Hall–Kier alpha value is -2.18. The molecule has 1 aliphatic heterocycles. The van der Waals surface area contributed by atoms with Crippen LogP contribution in [0.15, 0.2) is 47.4 Å². The van der Waals surface area contributed by atoms with Crippen molar-refractivity contribution in [3.05, 3.63) is 59.2 Å². The van der Waals surface area contributed by atoms with Gasteiger partial charge in [0, 0.05) is 23.8 Å². The number of rotatable bonds is 4. The Morgan fingerprint density at radius 2 is 1.78 bits per heavy atom. The third-order valence-electron chi connectivity index (χ3n) is 5.32. The standard InChI is InChI=1S/C21H26N2O3S/c1-15-7-6-9-20(17(15)3)22-21(24)18-10-12-19(13-11-18)27(25,26)23-14-5-4-8-16(23)2/h6-7,9-13,16H,4-5,8,14H2,1-3H3,(H,22,24)/t16-/m1/s1. The predicted molar refractivity (Wildman–Crippen MR) is 108 cm³/mol. The lowest BCUT2D eigenvalue weighted by Crippen LogP contribution is -2.41. The van der Waals surface area contributed by atoms with Crippen molar-refractivity contribution < 1.29 is 13.2 Å². The Morgan fingerprint density at radius 3 is 2.44 bits per heavy atom. The van der Waals surface area contributed by atoms with Crippen LogP contribution in [-0.2, 0) is 10.0 Å². The summed E-state index contributed by atoms with van der Waals surface area (Å²) in [5.74, 6) is -0.251. The van der Waals surface area contributed by atoms with Gasteiger partial charge < -0.3 is 5.32 Å². The van der Waals surface area contributed by atoms with Gasteiger partial charge in [-0.1, -0.05) is 18.6 Å². The Labute approximate surface area is 161 Å². The van der Waals surface area contributed by atoms with Crippen LogP contribution < -0.4 is 5.32 Å². The average Bonchev–Trinajstić information content (AvgIpc) is 2.65. The SMILES string of the molecule is Cc1cccc(NC(=O)c2ccc(S(=O)(=O)N3CCCC[C@H]3C)cc2)c1C. The van der Waals surface area contributed by atoms with Gasteiger partial charge in [0.25, 0.3) is 5.91 Å². The number of hydrogen-bond donors (Lipinski definition) is 1. The molecule has 1 fully saturated rings. The molecule has 144 valence electrons. The molecule has 1 amide bonds. The molecule has 1 saturated heterocycles. The van der Waals surface area contributed by atoms with E-state index in [4.69, 9.17) is 0 Å². The van der Waals surface area contributed by atoms with Crippen LogP contribution in [-0.4, -0.2) is 31.2 Å². The van der Waals surface area contributed by atoms with Gasteiger partial charge in [-0.25, -0.2) is 8.42 Å². The van der Waals surface area contributed by atoms with Gasteiger partial charge in [-0.05, 0) is 75.1 Å². The third-order valence-corrected chi connectivity index (χ3v) is 7.35. The first-order chi connectivity index (χ1) is 12.8. The molecule has 0 bridgehead atoms. The van der Waals surface area contributed by atoms with Crippen LogP contribution in [0.25, 0.3) is 0 Å². The number of piperidine rings is 1. The zero-order valence-electron chi connectivity index (χ0n) is 16.0. The molecule has 2 aromatic rings. The van der Waals surface area contributed by atoms with E-state index < -0.39 is 10.0 Å². The number of nitrogens with zero attached hydrogens (tertiary/aromatic N) is 1. The van der Waals surface area contributed by atoms with E-state index in [2.05, 4.69) is 5.32 Å². The van der Waals surface area contributed by atoms with Gasteiger partial charge in [-0.15, -0.1) is 0 Å². The van der Waals surface area contributed by atoms with Crippen molar-refractivity contribution in [1.82, 2.24) is 4.31 Å². The van der Waals surface area contributed by atoms with Crippen LogP contribution in [0, 0.1) is 13.8 Å². The largest absolute Gasteiger partial charge is 0.322 e. The molecule has 1 heterocycles. The first kappa shape index (κ1) is 19.6. The number of aryl methyl sites for hydroxylation is 1. The zero-order valence-corrected chi connectivity index (χ0v) is 16.8. The highest BCUT2D eigenvalue weighted by Crippen LogP contribution is 2.25. The van der Waals surface area contributed by atoms with Crippen LogP contribution in [0.5, 0.6) is 0 Å². The van der Waals surface area contributed by atoms with Gasteiger partial charge in [0.05, 0.1) is 4.90 Å². The maximum atomic E-state index is 12.9. The van der Waals surface area contributed by atoms with Crippen LogP contribution in [0.3, 0.4) is 0 Å². The average molecular weight is 387 g/mol. The van der Waals surface area contributed by atoms with E-state index in [-0.39, 0.29) is 16.8 Å². The molecule has 27 heavy (non-hydrogen) atoms. The highest BCUT2D eigenvalue weighted by Gasteiger charge is 2.30. The molecule has 3 rings (SSSR count). The van der Waals surface area contributed by atoms with E-state index >= 15 is 0 Å². The summed E-state index contributed by atoms with van der Waals surface area (Å²) in [4.78, 5) is 12.8. The summed E-state index contributed by atoms with van der Waals surface area (Å²) in [6.07, 6.45) is 2.83. The Bertz CT molecular complexity index is 936. The van der Waals surface area contributed by atoms with Crippen LogP contribution in [0.1, 0.15) is 47.7 Å². The normalized spacial score (nSPS) is 18.3. The zero-order chi connectivity index (χ0) is 19.6. The number of amides is 1. The van der Waals surface area contributed by atoms with Gasteiger partial charge in [-0.3, -0.25) is 4.79 Å². The molecule has 1 aliphatic rings. The van der Waals surface area contributed by atoms with Gasteiger partial charge in [0.1, 0.15) is 0 Å². The van der Waals surface area contributed by atoms with E-state index in [1.165, 1.54) is 12.1 Å². The number of hydrogen-bond acceptors (Lipinski definition) is 3. The number of carbonyl (C=O) groups is 1. The molecular weight excluding hydrogens is 360 g/mol. The van der Waals surface area contributed by atoms with Crippen LogP contribution >= 0.6 is 0 Å². The van der Waals surface area contributed by atoms with Crippen LogP contribution in [0.2, 0.25) is 0 Å². The Morgan fingerprint density at radius 1 is 1.07 bits per heavy atom. The smallest absolute Gasteiger partial charge is 0.255 e. The molecule has 0 spiro atoms. The monoisotopic (exact) mass is 386 g/mol. The van der Waals surface area contributed by atoms with Crippen molar-refractivity contribution in [1.29, 1.82) is 0 Å². The summed E-state index contributed by atoms with van der Waals surface area (Å²) >= 11 is 0. The fraction of sp³-hybridized carbons (Fsp3) is 0.381. The molecule has 0 unspecified atom stereocenters. The molecule has 0 saturated carbocycles. The molecule has 1 atom stereocenters. The summed E-state index contributed by atoms with van der Waals surface area (Å²) in [5.41, 5.74) is 3.31. The van der Waals surface area contributed by atoms with Crippen molar-refractivity contribution >= 4 is 21.6 Å². The maximum absolute atomic E-state index is 12.9. The van der Waals surface area contributed by atoms with Crippen molar-refractivity contribution in [3.63, 3.8) is 0 Å². The first-order valence-electron chi connectivity index (χ1n) is 9.30. The molecule has 5 nitrogen and oxygen atoms in total. The third kappa shape index (κ3) is 4.06. The molecule has 6 heteroatoms. The first-order valence-corrected chi connectivity index (χ1v) is 10.7. The van der Waals surface area contributed by atoms with Crippen molar-refractivity contribution in [2.75, 3.05) is 11.9 Å². The molecule has 2 aromatic carbocycles. The summed E-state index contributed by atoms with van der Waals surface area (Å²) in [7, 11) is -3.52. The van der Waals surface area contributed by atoms with Gasteiger partial charge in [0.15, 0.2) is 0 Å². The van der Waals surface area contributed by atoms with Gasteiger partial charge >= 0.3 is 0 Å². The van der Waals surface area contributed by atoms with Crippen molar-refractivity contribution in [2.24, 2.45) is 0 Å². The summed E-state index contributed by atoms with van der Waals surface area (Å²) in [5, 5.41) is 2.90. The number of anilines is 1. The Kier molecular flexibility index (Phi) is 5.67.